The highest BCUT2D eigenvalue weighted by molar-refractivity contribution is 6.08. The molecule has 1 aliphatic heterocycles. The SMILES string of the molecule is CNC(=O)[C@H]1CN(C)CCN(C(=O)c2c(C)n(C)c3ccccc23)C1. The molecule has 3 rings (SSSR count). The van der Waals surface area contributed by atoms with Crippen molar-refractivity contribution in [3.05, 3.63) is 35.5 Å². The number of amides is 2. The number of hydrogen-bond acceptors (Lipinski definition) is 3. The zero-order valence-electron chi connectivity index (χ0n) is 15.4. The van der Waals surface area contributed by atoms with Crippen molar-refractivity contribution < 1.29 is 9.59 Å². The van der Waals surface area contributed by atoms with Gasteiger partial charge in [-0.2, -0.15) is 0 Å². The van der Waals surface area contributed by atoms with Gasteiger partial charge in [-0.3, -0.25) is 9.59 Å². The Morgan fingerprint density at radius 2 is 1.84 bits per heavy atom. The van der Waals surface area contributed by atoms with Crippen LogP contribution in [0, 0.1) is 12.8 Å². The Bertz CT molecular complexity index is 811. The average molecular weight is 342 g/mol. The Morgan fingerprint density at radius 1 is 1.12 bits per heavy atom. The van der Waals surface area contributed by atoms with Crippen LogP contribution in [-0.2, 0) is 11.8 Å². The quantitative estimate of drug-likeness (QED) is 0.893. The summed E-state index contributed by atoms with van der Waals surface area (Å²) in [6.45, 7) is 4.49. The number of nitrogens with one attached hydrogen (secondary N) is 1. The summed E-state index contributed by atoms with van der Waals surface area (Å²) in [7, 11) is 5.62. The van der Waals surface area contributed by atoms with Crippen LogP contribution in [0.15, 0.2) is 24.3 Å². The number of hydrogen-bond donors (Lipinski definition) is 1. The standard InChI is InChI=1S/C19H26N4O2/c1-13-17(15-7-5-6-8-16(15)22(13)4)19(25)23-10-9-21(3)11-14(12-23)18(24)20-2/h5-8,14H,9-12H2,1-4H3,(H,20,24)/t14-/m0/s1. The molecule has 2 aromatic rings. The van der Waals surface area contributed by atoms with Crippen molar-refractivity contribution in [3.63, 3.8) is 0 Å². The Labute approximate surface area is 148 Å². The molecule has 0 bridgehead atoms. The number of nitrogens with zero attached hydrogens (tertiary/aromatic N) is 3. The van der Waals surface area contributed by atoms with Crippen LogP contribution in [0.2, 0.25) is 0 Å². The number of aryl methyl sites for hydroxylation is 1. The van der Waals surface area contributed by atoms with E-state index in [0.717, 1.165) is 28.7 Å². The molecule has 0 radical (unpaired) electrons. The molecule has 1 fully saturated rings. The minimum atomic E-state index is -0.211. The molecule has 6 heteroatoms. The van der Waals surface area contributed by atoms with Gasteiger partial charge in [0, 0.05) is 56.9 Å². The van der Waals surface area contributed by atoms with Gasteiger partial charge < -0.3 is 19.7 Å². The Balaban J connectivity index is 1.97. The second-order valence-corrected chi connectivity index (χ2v) is 6.86. The predicted octanol–water partition coefficient (Wildman–Crippen LogP) is 1.24. The second kappa shape index (κ2) is 6.88. The van der Waals surface area contributed by atoms with E-state index < -0.39 is 0 Å². The first-order valence-corrected chi connectivity index (χ1v) is 8.67. The van der Waals surface area contributed by atoms with Crippen LogP contribution in [-0.4, -0.2) is 66.5 Å². The number of para-hydroxylation sites is 1. The minimum Gasteiger partial charge on any atom is -0.359 e. The second-order valence-electron chi connectivity index (χ2n) is 6.86. The molecule has 2 heterocycles. The van der Waals surface area contributed by atoms with Gasteiger partial charge in [0.15, 0.2) is 0 Å². The number of fused-ring (bicyclic) bond motifs is 1. The van der Waals surface area contributed by atoms with Gasteiger partial charge in [-0.25, -0.2) is 0 Å². The van der Waals surface area contributed by atoms with Gasteiger partial charge in [-0.15, -0.1) is 0 Å². The number of benzene rings is 1. The Kier molecular flexibility index (Phi) is 4.81. The predicted molar refractivity (Wildman–Crippen MR) is 98.6 cm³/mol. The molecule has 2 amide bonds. The molecule has 1 N–H and O–H groups in total. The van der Waals surface area contributed by atoms with Crippen molar-refractivity contribution in [1.29, 1.82) is 0 Å². The maximum absolute atomic E-state index is 13.3. The van der Waals surface area contributed by atoms with Crippen LogP contribution in [0.3, 0.4) is 0 Å². The summed E-state index contributed by atoms with van der Waals surface area (Å²) in [6, 6.07) is 7.97. The van der Waals surface area contributed by atoms with E-state index in [2.05, 4.69) is 14.8 Å². The fourth-order valence-electron chi connectivity index (χ4n) is 3.68. The number of rotatable bonds is 2. The van der Waals surface area contributed by atoms with Gasteiger partial charge in [0.05, 0.1) is 11.5 Å². The first-order valence-electron chi connectivity index (χ1n) is 8.67. The summed E-state index contributed by atoms with van der Waals surface area (Å²) in [5, 5.41) is 3.69. The average Bonchev–Trinajstić information content (AvgIpc) is 2.76. The van der Waals surface area contributed by atoms with Crippen molar-refractivity contribution in [2.24, 2.45) is 13.0 Å². The lowest BCUT2D eigenvalue weighted by atomic mass is 10.1. The summed E-state index contributed by atoms with van der Waals surface area (Å²) >= 11 is 0. The van der Waals surface area contributed by atoms with Gasteiger partial charge in [0.1, 0.15) is 0 Å². The van der Waals surface area contributed by atoms with Crippen molar-refractivity contribution in [3.8, 4) is 0 Å². The topological polar surface area (TPSA) is 57.6 Å². The third-order valence-electron chi connectivity index (χ3n) is 5.24. The Morgan fingerprint density at radius 3 is 2.56 bits per heavy atom. The van der Waals surface area contributed by atoms with E-state index in [4.69, 9.17) is 0 Å². The van der Waals surface area contributed by atoms with Crippen LogP contribution in [0.5, 0.6) is 0 Å². The molecule has 0 unspecified atom stereocenters. The van der Waals surface area contributed by atoms with Crippen molar-refractivity contribution >= 4 is 22.7 Å². The molecule has 6 nitrogen and oxygen atoms in total. The highest BCUT2D eigenvalue weighted by atomic mass is 16.2. The summed E-state index contributed by atoms with van der Waals surface area (Å²) in [5.41, 5.74) is 2.76. The molecule has 134 valence electrons. The molecule has 1 saturated heterocycles. The normalized spacial score (nSPS) is 19.0. The van der Waals surface area contributed by atoms with E-state index >= 15 is 0 Å². The number of carbonyl (C=O) groups excluding carboxylic acids is 2. The van der Waals surface area contributed by atoms with E-state index in [1.807, 2.05) is 50.2 Å². The Hall–Kier alpha value is -2.34. The maximum Gasteiger partial charge on any atom is 0.256 e. The monoisotopic (exact) mass is 342 g/mol. The maximum atomic E-state index is 13.3. The fourth-order valence-corrected chi connectivity index (χ4v) is 3.68. The first kappa shape index (κ1) is 17.5. The lowest BCUT2D eigenvalue weighted by Gasteiger charge is -2.23. The molecule has 25 heavy (non-hydrogen) atoms. The van der Waals surface area contributed by atoms with Gasteiger partial charge in [0.2, 0.25) is 5.91 Å². The third kappa shape index (κ3) is 3.14. The fraction of sp³-hybridized carbons (Fsp3) is 0.474. The van der Waals surface area contributed by atoms with Crippen LogP contribution in [0.1, 0.15) is 16.1 Å². The lowest BCUT2D eigenvalue weighted by Crippen LogP contribution is -2.41. The van der Waals surface area contributed by atoms with E-state index in [1.165, 1.54) is 0 Å². The van der Waals surface area contributed by atoms with E-state index in [9.17, 15) is 9.59 Å². The highest BCUT2D eigenvalue weighted by Crippen LogP contribution is 2.26. The molecule has 0 aliphatic carbocycles. The van der Waals surface area contributed by atoms with Crippen LogP contribution >= 0.6 is 0 Å². The molecule has 1 aromatic carbocycles. The number of aromatic nitrogens is 1. The number of likely N-dealkylation sites (N-methyl/N-ethyl adjacent to an activating group) is 1. The van der Waals surface area contributed by atoms with Crippen molar-refractivity contribution in [1.82, 2.24) is 19.7 Å². The van der Waals surface area contributed by atoms with Crippen LogP contribution in [0.4, 0.5) is 0 Å². The zero-order chi connectivity index (χ0) is 18.1. The molecule has 0 saturated carbocycles. The smallest absolute Gasteiger partial charge is 0.256 e. The van der Waals surface area contributed by atoms with Gasteiger partial charge in [-0.05, 0) is 20.0 Å². The summed E-state index contributed by atoms with van der Waals surface area (Å²) in [6.07, 6.45) is 0. The largest absolute Gasteiger partial charge is 0.359 e. The molecule has 1 atom stereocenters. The molecule has 1 aliphatic rings. The summed E-state index contributed by atoms with van der Waals surface area (Å²) in [5.74, 6) is -0.212. The van der Waals surface area contributed by atoms with Gasteiger partial charge in [0.25, 0.3) is 5.91 Å². The summed E-state index contributed by atoms with van der Waals surface area (Å²) in [4.78, 5) is 29.4. The van der Waals surface area contributed by atoms with Crippen LogP contribution in [0.25, 0.3) is 10.9 Å². The van der Waals surface area contributed by atoms with E-state index in [0.29, 0.717) is 19.6 Å². The first-order chi connectivity index (χ1) is 11.9. The minimum absolute atomic E-state index is 0.0125. The van der Waals surface area contributed by atoms with Crippen molar-refractivity contribution in [2.75, 3.05) is 40.3 Å². The lowest BCUT2D eigenvalue weighted by molar-refractivity contribution is -0.125. The molecule has 1 aromatic heterocycles. The van der Waals surface area contributed by atoms with E-state index in [1.54, 1.807) is 7.05 Å². The van der Waals surface area contributed by atoms with Crippen molar-refractivity contribution in [2.45, 2.75) is 6.92 Å². The van der Waals surface area contributed by atoms with Crippen LogP contribution < -0.4 is 5.32 Å². The molecular weight excluding hydrogens is 316 g/mol. The number of carbonyl (C=O) groups is 2. The molecule has 0 spiro atoms. The van der Waals surface area contributed by atoms with E-state index in [-0.39, 0.29) is 17.7 Å². The van der Waals surface area contributed by atoms with Gasteiger partial charge >= 0.3 is 0 Å². The molecular formula is C19H26N4O2. The summed E-state index contributed by atoms with van der Waals surface area (Å²) < 4.78 is 2.06. The zero-order valence-corrected chi connectivity index (χ0v) is 15.4. The third-order valence-corrected chi connectivity index (χ3v) is 5.24. The van der Waals surface area contributed by atoms with Gasteiger partial charge in [-0.1, -0.05) is 18.2 Å². The highest BCUT2D eigenvalue weighted by Gasteiger charge is 2.30.